The van der Waals surface area contributed by atoms with Crippen molar-refractivity contribution in [2.24, 2.45) is 4.99 Å². The van der Waals surface area contributed by atoms with Crippen LogP contribution in [0.2, 0.25) is 0 Å². The van der Waals surface area contributed by atoms with Crippen LogP contribution in [0.5, 0.6) is 0 Å². The fraction of sp³-hybridized carbons (Fsp3) is 0.786. The standard InChI is InChI=1S/C14H25N5OS/c1-4-15-14(16-9-13-17-10(3)20-19-13)18-11-6-7-12(8-11)21-5-2/h11-12H,4-9H2,1-3H3,(H2,15,16,18). The molecule has 7 heteroatoms. The lowest BCUT2D eigenvalue weighted by Gasteiger charge is -2.17. The molecular formula is C14H25N5OS. The number of aromatic nitrogens is 2. The van der Waals surface area contributed by atoms with E-state index in [1.165, 1.54) is 25.0 Å². The van der Waals surface area contributed by atoms with Crippen molar-refractivity contribution in [2.45, 2.75) is 57.9 Å². The fourth-order valence-electron chi connectivity index (χ4n) is 2.53. The van der Waals surface area contributed by atoms with Gasteiger partial charge in [-0.3, -0.25) is 0 Å². The Labute approximate surface area is 130 Å². The first-order valence-corrected chi connectivity index (χ1v) is 8.71. The van der Waals surface area contributed by atoms with Crippen LogP contribution < -0.4 is 10.6 Å². The van der Waals surface area contributed by atoms with Crippen LogP contribution in [0, 0.1) is 6.92 Å². The molecule has 0 spiro atoms. The maximum atomic E-state index is 4.96. The van der Waals surface area contributed by atoms with Crippen LogP contribution in [0.25, 0.3) is 0 Å². The Morgan fingerprint density at radius 2 is 2.29 bits per heavy atom. The third kappa shape index (κ3) is 5.22. The van der Waals surface area contributed by atoms with E-state index in [4.69, 9.17) is 4.52 Å². The van der Waals surface area contributed by atoms with E-state index >= 15 is 0 Å². The lowest BCUT2D eigenvalue weighted by atomic mass is 10.2. The molecule has 2 N–H and O–H groups in total. The Hall–Kier alpha value is -1.24. The van der Waals surface area contributed by atoms with Gasteiger partial charge in [-0.15, -0.1) is 0 Å². The van der Waals surface area contributed by atoms with Crippen molar-refractivity contribution < 1.29 is 4.52 Å². The van der Waals surface area contributed by atoms with Crippen LogP contribution in [-0.4, -0.2) is 39.7 Å². The molecule has 2 rings (SSSR count). The average Bonchev–Trinajstić information content (AvgIpc) is 3.06. The zero-order chi connectivity index (χ0) is 15.1. The predicted molar refractivity (Wildman–Crippen MR) is 86.5 cm³/mol. The molecule has 118 valence electrons. The molecule has 0 amide bonds. The summed E-state index contributed by atoms with van der Waals surface area (Å²) < 4.78 is 4.96. The predicted octanol–water partition coefficient (Wildman–Crippen LogP) is 2.11. The Morgan fingerprint density at radius 1 is 1.43 bits per heavy atom. The molecule has 0 aromatic carbocycles. The number of hydrogen-bond donors (Lipinski definition) is 2. The van der Waals surface area contributed by atoms with E-state index in [-0.39, 0.29) is 0 Å². The van der Waals surface area contributed by atoms with E-state index in [1.807, 2.05) is 0 Å². The van der Waals surface area contributed by atoms with Gasteiger partial charge >= 0.3 is 0 Å². The highest BCUT2D eigenvalue weighted by Crippen LogP contribution is 2.29. The number of aliphatic imine (C=N–C) groups is 1. The number of thioether (sulfide) groups is 1. The van der Waals surface area contributed by atoms with Gasteiger partial charge < -0.3 is 15.2 Å². The normalized spacial score (nSPS) is 22.5. The summed E-state index contributed by atoms with van der Waals surface area (Å²) in [6.07, 6.45) is 3.72. The second-order valence-corrected chi connectivity index (χ2v) is 6.73. The Bertz CT molecular complexity index is 462. The molecule has 0 saturated heterocycles. The number of hydrogen-bond acceptors (Lipinski definition) is 5. The highest BCUT2D eigenvalue weighted by atomic mass is 32.2. The maximum absolute atomic E-state index is 4.96. The highest BCUT2D eigenvalue weighted by molar-refractivity contribution is 7.99. The zero-order valence-corrected chi connectivity index (χ0v) is 13.9. The quantitative estimate of drug-likeness (QED) is 0.619. The summed E-state index contributed by atoms with van der Waals surface area (Å²) in [7, 11) is 0. The summed E-state index contributed by atoms with van der Waals surface area (Å²) in [6.45, 7) is 7.36. The fourth-order valence-corrected chi connectivity index (χ4v) is 3.67. The molecule has 1 aliphatic rings. The largest absolute Gasteiger partial charge is 0.357 e. The van der Waals surface area contributed by atoms with Crippen molar-refractivity contribution in [1.82, 2.24) is 20.8 Å². The van der Waals surface area contributed by atoms with E-state index in [1.54, 1.807) is 6.92 Å². The third-order valence-corrected chi connectivity index (χ3v) is 4.65. The van der Waals surface area contributed by atoms with Crippen LogP contribution in [0.3, 0.4) is 0 Å². The van der Waals surface area contributed by atoms with Crippen LogP contribution >= 0.6 is 11.8 Å². The van der Waals surface area contributed by atoms with Crippen LogP contribution in [-0.2, 0) is 6.54 Å². The summed E-state index contributed by atoms with van der Waals surface area (Å²) >= 11 is 2.06. The van der Waals surface area contributed by atoms with Gasteiger partial charge in [0.1, 0.15) is 6.54 Å². The maximum Gasteiger partial charge on any atom is 0.223 e. The summed E-state index contributed by atoms with van der Waals surface area (Å²) in [5, 5.41) is 11.5. The minimum atomic E-state index is 0.437. The second kappa shape index (κ2) is 8.26. The minimum absolute atomic E-state index is 0.437. The Balaban J connectivity index is 1.86. The molecule has 0 aliphatic heterocycles. The van der Waals surface area contributed by atoms with Gasteiger partial charge in [-0.1, -0.05) is 12.1 Å². The first-order chi connectivity index (χ1) is 10.2. The first-order valence-electron chi connectivity index (χ1n) is 7.66. The van der Waals surface area contributed by atoms with E-state index in [9.17, 15) is 0 Å². The molecule has 6 nitrogen and oxygen atoms in total. The van der Waals surface area contributed by atoms with E-state index in [2.05, 4.69) is 51.4 Å². The molecule has 1 aromatic rings. The van der Waals surface area contributed by atoms with Gasteiger partial charge in [-0.05, 0) is 31.9 Å². The molecule has 2 atom stereocenters. The van der Waals surface area contributed by atoms with Gasteiger partial charge in [-0.25, -0.2) is 4.99 Å². The van der Waals surface area contributed by atoms with E-state index in [0.717, 1.165) is 17.8 Å². The van der Waals surface area contributed by atoms with Crippen molar-refractivity contribution >= 4 is 17.7 Å². The molecular weight excluding hydrogens is 286 g/mol. The van der Waals surface area contributed by atoms with Crippen molar-refractivity contribution in [2.75, 3.05) is 12.3 Å². The van der Waals surface area contributed by atoms with Crippen molar-refractivity contribution in [3.8, 4) is 0 Å². The number of aryl methyl sites for hydroxylation is 1. The van der Waals surface area contributed by atoms with Gasteiger partial charge in [0.2, 0.25) is 5.89 Å². The number of nitrogens with zero attached hydrogens (tertiary/aromatic N) is 3. The van der Waals surface area contributed by atoms with Crippen molar-refractivity contribution in [1.29, 1.82) is 0 Å². The van der Waals surface area contributed by atoms with Crippen molar-refractivity contribution in [3.05, 3.63) is 11.7 Å². The lowest BCUT2D eigenvalue weighted by Crippen LogP contribution is -2.42. The summed E-state index contributed by atoms with van der Waals surface area (Å²) in [6, 6.07) is 0.513. The smallest absolute Gasteiger partial charge is 0.223 e. The number of rotatable bonds is 6. The first kappa shape index (κ1) is 16.1. The second-order valence-electron chi connectivity index (χ2n) is 5.16. The molecule has 1 saturated carbocycles. The molecule has 1 aromatic heterocycles. The summed E-state index contributed by atoms with van der Waals surface area (Å²) in [4.78, 5) is 8.70. The number of guanidine groups is 1. The molecule has 0 radical (unpaired) electrons. The van der Waals surface area contributed by atoms with Gasteiger partial charge in [0.15, 0.2) is 11.8 Å². The molecule has 21 heavy (non-hydrogen) atoms. The summed E-state index contributed by atoms with van der Waals surface area (Å²) in [5.74, 6) is 3.24. The van der Waals surface area contributed by atoms with Gasteiger partial charge in [0.25, 0.3) is 0 Å². The molecule has 1 heterocycles. The van der Waals surface area contributed by atoms with Gasteiger partial charge in [0.05, 0.1) is 0 Å². The number of nitrogens with one attached hydrogen (secondary N) is 2. The van der Waals surface area contributed by atoms with Gasteiger partial charge in [-0.2, -0.15) is 16.7 Å². The minimum Gasteiger partial charge on any atom is -0.357 e. The summed E-state index contributed by atoms with van der Waals surface area (Å²) in [5.41, 5.74) is 0. The van der Waals surface area contributed by atoms with Crippen LogP contribution in [0.1, 0.15) is 44.8 Å². The topological polar surface area (TPSA) is 75.3 Å². The highest BCUT2D eigenvalue weighted by Gasteiger charge is 2.25. The van der Waals surface area contributed by atoms with E-state index < -0.39 is 0 Å². The van der Waals surface area contributed by atoms with E-state index in [0.29, 0.717) is 24.3 Å². The van der Waals surface area contributed by atoms with Gasteiger partial charge in [0, 0.05) is 24.8 Å². The zero-order valence-electron chi connectivity index (χ0n) is 13.1. The Kier molecular flexibility index (Phi) is 6.35. The Morgan fingerprint density at radius 3 is 2.95 bits per heavy atom. The molecule has 1 fully saturated rings. The average molecular weight is 311 g/mol. The van der Waals surface area contributed by atoms with Crippen LogP contribution in [0.15, 0.2) is 9.52 Å². The molecule has 1 aliphatic carbocycles. The molecule has 2 unspecified atom stereocenters. The van der Waals surface area contributed by atoms with Crippen LogP contribution in [0.4, 0.5) is 0 Å². The molecule has 0 bridgehead atoms. The SMILES string of the molecule is CCNC(=NCc1noc(C)n1)NC1CCC(SCC)C1. The van der Waals surface area contributed by atoms with Crippen molar-refractivity contribution in [3.63, 3.8) is 0 Å². The lowest BCUT2D eigenvalue weighted by molar-refractivity contribution is 0.387. The monoisotopic (exact) mass is 311 g/mol. The third-order valence-electron chi connectivity index (χ3n) is 3.42.